The van der Waals surface area contributed by atoms with Crippen molar-refractivity contribution < 1.29 is 8.42 Å². The van der Waals surface area contributed by atoms with Gasteiger partial charge >= 0.3 is 0 Å². The van der Waals surface area contributed by atoms with Crippen LogP contribution in [0.2, 0.25) is 0 Å². The van der Waals surface area contributed by atoms with Gasteiger partial charge in [-0.2, -0.15) is 5.10 Å². The van der Waals surface area contributed by atoms with Crippen molar-refractivity contribution in [3.05, 3.63) is 42.0 Å². The van der Waals surface area contributed by atoms with E-state index in [2.05, 4.69) is 19.9 Å². The number of benzene rings is 1. The molecule has 2 rings (SSSR count). The van der Waals surface area contributed by atoms with Crippen molar-refractivity contribution in [1.82, 2.24) is 19.9 Å². The van der Waals surface area contributed by atoms with Crippen molar-refractivity contribution in [2.75, 3.05) is 0 Å². The molecule has 1 unspecified atom stereocenters. The molecule has 2 aromatic rings. The number of rotatable bonds is 4. The molecule has 0 saturated heterocycles. The zero-order valence-electron chi connectivity index (χ0n) is 10.1. The summed E-state index contributed by atoms with van der Waals surface area (Å²) in [5.74, 6) is 0.478. The normalized spacial score (nSPS) is 13.4. The first-order valence-electron chi connectivity index (χ1n) is 5.43. The fourth-order valence-electron chi connectivity index (χ4n) is 1.56. The van der Waals surface area contributed by atoms with Crippen LogP contribution in [0, 0.1) is 6.92 Å². The summed E-state index contributed by atoms with van der Waals surface area (Å²) in [6, 6.07) is 6.28. The maximum absolute atomic E-state index is 12.1. The molecule has 1 heterocycles. The number of sulfonamides is 1. The Morgan fingerprint density at radius 3 is 2.78 bits per heavy atom. The minimum Gasteiger partial charge on any atom is -0.262 e. The Bertz CT molecular complexity index is 622. The second-order valence-corrected chi connectivity index (χ2v) is 5.74. The summed E-state index contributed by atoms with van der Waals surface area (Å²) in [5, 5.41) is 6.32. The summed E-state index contributed by atoms with van der Waals surface area (Å²) in [6.45, 7) is 3.55. The van der Waals surface area contributed by atoms with E-state index in [4.69, 9.17) is 0 Å². The number of aromatic amines is 1. The maximum atomic E-state index is 12.1. The SMILES string of the molecule is Cc1cccc(S(=O)(=O)NC(C)c2ncn[nH]2)c1. The van der Waals surface area contributed by atoms with Gasteiger partial charge in [0.15, 0.2) is 0 Å². The van der Waals surface area contributed by atoms with Crippen LogP contribution in [0.25, 0.3) is 0 Å². The smallest absolute Gasteiger partial charge is 0.241 e. The Morgan fingerprint density at radius 1 is 1.39 bits per heavy atom. The van der Waals surface area contributed by atoms with E-state index in [0.717, 1.165) is 5.56 Å². The van der Waals surface area contributed by atoms with E-state index in [1.807, 2.05) is 13.0 Å². The molecule has 1 aromatic carbocycles. The Hall–Kier alpha value is -1.73. The Balaban J connectivity index is 2.22. The van der Waals surface area contributed by atoms with Gasteiger partial charge in [-0.25, -0.2) is 18.1 Å². The van der Waals surface area contributed by atoms with Gasteiger partial charge in [0.1, 0.15) is 12.2 Å². The van der Waals surface area contributed by atoms with Gasteiger partial charge in [0.2, 0.25) is 10.0 Å². The molecule has 7 heteroatoms. The van der Waals surface area contributed by atoms with Crippen LogP contribution in [0.3, 0.4) is 0 Å². The highest BCUT2D eigenvalue weighted by atomic mass is 32.2. The number of hydrogen-bond donors (Lipinski definition) is 2. The molecule has 1 aromatic heterocycles. The van der Waals surface area contributed by atoms with E-state index in [9.17, 15) is 8.42 Å². The van der Waals surface area contributed by atoms with E-state index < -0.39 is 16.1 Å². The van der Waals surface area contributed by atoms with Crippen LogP contribution in [0.1, 0.15) is 24.4 Å². The average Bonchev–Trinajstić information content (AvgIpc) is 2.82. The van der Waals surface area contributed by atoms with Crippen molar-refractivity contribution in [1.29, 1.82) is 0 Å². The van der Waals surface area contributed by atoms with E-state index in [0.29, 0.717) is 5.82 Å². The van der Waals surface area contributed by atoms with Crippen molar-refractivity contribution in [3.8, 4) is 0 Å². The Morgan fingerprint density at radius 2 is 2.17 bits per heavy atom. The quantitative estimate of drug-likeness (QED) is 0.869. The Kier molecular flexibility index (Phi) is 3.44. The minimum atomic E-state index is -3.55. The molecule has 6 nitrogen and oxygen atoms in total. The number of nitrogens with one attached hydrogen (secondary N) is 2. The third-order valence-corrected chi connectivity index (χ3v) is 4.01. The van der Waals surface area contributed by atoms with Crippen molar-refractivity contribution >= 4 is 10.0 Å². The van der Waals surface area contributed by atoms with Gasteiger partial charge in [-0.05, 0) is 31.5 Å². The van der Waals surface area contributed by atoms with Crippen LogP contribution in [-0.2, 0) is 10.0 Å². The van der Waals surface area contributed by atoms with Crippen LogP contribution in [0.5, 0.6) is 0 Å². The minimum absolute atomic E-state index is 0.244. The maximum Gasteiger partial charge on any atom is 0.241 e. The van der Waals surface area contributed by atoms with Gasteiger partial charge in [0.05, 0.1) is 10.9 Å². The highest BCUT2D eigenvalue weighted by Gasteiger charge is 2.19. The molecular formula is C11H14N4O2S. The Labute approximate surface area is 106 Å². The van der Waals surface area contributed by atoms with E-state index in [1.165, 1.54) is 6.33 Å². The molecule has 0 saturated carbocycles. The van der Waals surface area contributed by atoms with E-state index in [-0.39, 0.29) is 4.90 Å². The van der Waals surface area contributed by atoms with Gasteiger partial charge in [-0.3, -0.25) is 5.10 Å². The van der Waals surface area contributed by atoms with E-state index in [1.54, 1.807) is 25.1 Å². The summed E-state index contributed by atoms with van der Waals surface area (Å²) >= 11 is 0. The number of nitrogens with zero attached hydrogens (tertiary/aromatic N) is 2. The molecule has 0 amide bonds. The molecule has 0 aliphatic rings. The van der Waals surface area contributed by atoms with Crippen LogP contribution in [-0.4, -0.2) is 23.6 Å². The first-order chi connectivity index (χ1) is 8.49. The summed E-state index contributed by atoms with van der Waals surface area (Å²) in [5.41, 5.74) is 0.894. The topological polar surface area (TPSA) is 87.7 Å². The lowest BCUT2D eigenvalue weighted by atomic mass is 10.2. The monoisotopic (exact) mass is 266 g/mol. The van der Waals surface area contributed by atoms with Crippen LogP contribution in [0.4, 0.5) is 0 Å². The summed E-state index contributed by atoms with van der Waals surface area (Å²) < 4.78 is 26.8. The summed E-state index contributed by atoms with van der Waals surface area (Å²) in [6.07, 6.45) is 1.34. The predicted molar refractivity (Wildman–Crippen MR) is 66.3 cm³/mol. The molecule has 1 atom stereocenters. The molecular weight excluding hydrogens is 252 g/mol. The van der Waals surface area contributed by atoms with Crippen molar-refractivity contribution in [2.45, 2.75) is 24.8 Å². The summed E-state index contributed by atoms with van der Waals surface area (Å²) in [7, 11) is -3.55. The number of H-pyrrole nitrogens is 1. The summed E-state index contributed by atoms with van der Waals surface area (Å²) in [4.78, 5) is 4.16. The molecule has 18 heavy (non-hydrogen) atoms. The second kappa shape index (κ2) is 4.87. The molecule has 0 fully saturated rings. The van der Waals surface area contributed by atoms with Gasteiger partial charge in [-0.1, -0.05) is 12.1 Å². The molecule has 96 valence electrons. The third kappa shape index (κ3) is 2.74. The van der Waals surface area contributed by atoms with Crippen LogP contribution < -0.4 is 4.72 Å². The standard InChI is InChI=1S/C11H14N4O2S/c1-8-4-3-5-10(6-8)18(16,17)15-9(2)11-12-7-13-14-11/h3-7,9,15H,1-2H3,(H,12,13,14). The fraction of sp³-hybridized carbons (Fsp3) is 0.273. The van der Waals surface area contributed by atoms with Gasteiger partial charge in [0.25, 0.3) is 0 Å². The highest BCUT2D eigenvalue weighted by Crippen LogP contribution is 2.14. The van der Waals surface area contributed by atoms with Gasteiger partial charge < -0.3 is 0 Å². The molecule has 0 spiro atoms. The third-order valence-electron chi connectivity index (χ3n) is 2.48. The molecule has 0 bridgehead atoms. The van der Waals surface area contributed by atoms with Crippen LogP contribution in [0.15, 0.2) is 35.5 Å². The lowest BCUT2D eigenvalue weighted by Gasteiger charge is -2.12. The first-order valence-corrected chi connectivity index (χ1v) is 6.91. The lowest BCUT2D eigenvalue weighted by Crippen LogP contribution is -2.27. The van der Waals surface area contributed by atoms with Gasteiger partial charge in [-0.15, -0.1) is 0 Å². The van der Waals surface area contributed by atoms with E-state index >= 15 is 0 Å². The zero-order valence-corrected chi connectivity index (χ0v) is 10.9. The predicted octanol–water partition coefficient (Wildman–Crippen LogP) is 1.15. The van der Waals surface area contributed by atoms with Crippen molar-refractivity contribution in [3.63, 3.8) is 0 Å². The largest absolute Gasteiger partial charge is 0.262 e. The zero-order chi connectivity index (χ0) is 13.2. The average molecular weight is 266 g/mol. The molecule has 0 aliphatic heterocycles. The fourth-order valence-corrected chi connectivity index (χ4v) is 2.87. The number of aryl methyl sites for hydroxylation is 1. The van der Waals surface area contributed by atoms with Gasteiger partial charge in [0, 0.05) is 0 Å². The molecule has 0 radical (unpaired) electrons. The molecule has 2 N–H and O–H groups in total. The van der Waals surface area contributed by atoms with Crippen molar-refractivity contribution in [2.24, 2.45) is 0 Å². The lowest BCUT2D eigenvalue weighted by molar-refractivity contribution is 0.560. The number of aromatic nitrogens is 3. The second-order valence-electron chi connectivity index (χ2n) is 4.03. The number of hydrogen-bond acceptors (Lipinski definition) is 4. The van der Waals surface area contributed by atoms with Crippen LogP contribution >= 0.6 is 0 Å². The molecule has 0 aliphatic carbocycles. The first kappa shape index (κ1) is 12.7. The highest BCUT2D eigenvalue weighted by molar-refractivity contribution is 7.89.